The zero-order valence-electron chi connectivity index (χ0n) is 9.86. The fraction of sp³-hybridized carbons (Fsp3) is 0. The zero-order chi connectivity index (χ0) is 15.7. The highest BCUT2D eigenvalue weighted by molar-refractivity contribution is 6.29. The van der Waals surface area contributed by atoms with Crippen molar-refractivity contribution in [3.05, 3.63) is 58.1 Å². The fourth-order valence-corrected chi connectivity index (χ4v) is 1.59. The summed E-state index contributed by atoms with van der Waals surface area (Å²) >= 11 is 5.52. The van der Waals surface area contributed by atoms with E-state index in [1.54, 1.807) is 5.32 Å². The van der Waals surface area contributed by atoms with Gasteiger partial charge in [-0.15, -0.1) is 0 Å². The molecule has 0 aliphatic carbocycles. The van der Waals surface area contributed by atoms with Crippen molar-refractivity contribution in [2.24, 2.45) is 0 Å². The first-order valence-corrected chi connectivity index (χ1v) is 5.66. The number of nitrogens with one attached hydrogen (secondary N) is 1. The first-order chi connectivity index (χ1) is 9.82. The molecule has 0 radical (unpaired) electrons. The van der Waals surface area contributed by atoms with Gasteiger partial charge < -0.3 is 5.32 Å². The predicted molar refractivity (Wildman–Crippen MR) is 63.4 cm³/mol. The van der Waals surface area contributed by atoms with Crippen LogP contribution in [0.1, 0.15) is 10.5 Å². The van der Waals surface area contributed by atoms with Crippen LogP contribution >= 0.6 is 11.6 Å². The number of hydrogen-bond donors (Lipinski definition) is 1. The average molecular weight is 323 g/mol. The summed E-state index contributed by atoms with van der Waals surface area (Å²) in [5, 5.41) is 1.49. The van der Waals surface area contributed by atoms with Gasteiger partial charge in [0.1, 0.15) is 16.5 Å². The van der Waals surface area contributed by atoms with Crippen LogP contribution in [-0.2, 0) is 0 Å². The predicted octanol–water partition coefficient (Wildman–Crippen LogP) is 3.68. The molecule has 0 aliphatic rings. The number of hydrogen-bond acceptors (Lipinski definition) is 2. The molecule has 21 heavy (non-hydrogen) atoms. The van der Waals surface area contributed by atoms with Crippen LogP contribution in [0.15, 0.2) is 18.2 Å². The highest BCUT2D eigenvalue weighted by atomic mass is 35.5. The number of anilines is 1. The average Bonchev–Trinajstić information content (AvgIpc) is 2.47. The number of amides is 1. The Morgan fingerprint density at radius 3 is 2.00 bits per heavy atom. The van der Waals surface area contributed by atoms with Crippen LogP contribution in [0.2, 0.25) is 5.15 Å². The van der Waals surface area contributed by atoms with Gasteiger partial charge in [-0.2, -0.15) is 0 Å². The lowest BCUT2D eigenvalue weighted by atomic mass is 10.2. The van der Waals surface area contributed by atoms with Crippen LogP contribution in [-0.4, -0.2) is 10.9 Å². The normalized spacial score (nSPS) is 10.6. The lowest BCUT2D eigenvalue weighted by Crippen LogP contribution is -2.18. The number of carbonyl (C=O) groups excluding carboxylic acids is 1. The number of benzene rings is 1. The van der Waals surface area contributed by atoms with Gasteiger partial charge in [-0.3, -0.25) is 4.79 Å². The molecule has 9 heteroatoms. The summed E-state index contributed by atoms with van der Waals surface area (Å²) in [7, 11) is 0. The van der Waals surface area contributed by atoms with E-state index >= 15 is 0 Å². The summed E-state index contributed by atoms with van der Waals surface area (Å²) in [5.41, 5.74) is -1.82. The van der Waals surface area contributed by atoms with Gasteiger partial charge in [0.2, 0.25) is 5.82 Å². The van der Waals surface area contributed by atoms with E-state index in [0.717, 1.165) is 6.07 Å². The summed E-state index contributed by atoms with van der Waals surface area (Å²) in [6, 6.07) is 3.80. The lowest BCUT2D eigenvalue weighted by Gasteiger charge is -2.09. The van der Waals surface area contributed by atoms with Crippen molar-refractivity contribution in [3.8, 4) is 0 Å². The summed E-state index contributed by atoms with van der Waals surface area (Å²) in [5.74, 6) is -12.1. The molecule has 2 aromatic rings. The molecule has 0 spiro atoms. The molecular weight excluding hydrogens is 319 g/mol. The maximum atomic E-state index is 13.4. The first kappa shape index (κ1) is 15.2. The fourth-order valence-electron chi connectivity index (χ4n) is 1.43. The summed E-state index contributed by atoms with van der Waals surface area (Å²) < 4.78 is 65.5. The molecule has 1 amide bonds. The minimum atomic E-state index is -2.32. The van der Waals surface area contributed by atoms with Gasteiger partial charge in [0.05, 0.1) is 0 Å². The third-order valence-electron chi connectivity index (χ3n) is 2.40. The van der Waals surface area contributed by atoms with E-state index in [1.807, 2.05) is 0 Å². The Kier molecular flexibility index (Phi) is 4.08. The molecule has 1 aromatic carbocycles. The van der Waals surface area contributed by atoms with Gasteiger partial charge in [-0.25, -0.2) is 26.9 Å². The molecule has 0 bridgehead atoms. The van der Waals surface area contributed by atoms with E-state index in [0.29, 0.717) is 0 Å². The minimum absolute atomic E-state index is 0.0833. The number of pyridine rings is 1. The van der Waals surface area contributed by atoms with E-state index < -0.39 is 40.7 Å². The molecule has 1 N–H and O–H groups in total. The van der Waals surface area contributed by atoms with Crippen LogP contribution in [0.3, 0.4) is 0 Å². The molecule has 0 fully saturated rings. The maximum Gasteiger partial charge on any atom is 0.274 e. The van der Waals surface area contributed by atoms with E-state index in [9.17, 15) is 26.7 Å². The molecule has 110 valence electrons. The molecule has 2 rings (SSSR count). The summed E-state index contributed by atoms with van der Waals surface area (Å²) in [6.45, 7) is 0. The Morgan fingerprint density at radius 2 is 1.48 bits per heavy atom. The molecule has 0 saturated carbocycles. The molecular formula is C12H4ClF5N2O. The van der Waals surface area contributed by atoms with Crippen LogP contribution < -0.4 is 5.32 Å². The second-order valence-corrected chi connectivity index (χ2v) is 4.13. The van der Waals surface area contributed by atoms with Gasteiger partial charge in [0, 0.05) is 0 Å². The smallest absolute Gasteiger partial charge is 0.274 e. The van der Waals surface area contributed by atoms with Crippen LogP contribution in [0.4, 0.5) is 27.6 Å². The highest BCUT2D eigenvalue weighted by Crippen LogP contribution is 2.27. The molecule has 0 unspecified atom stereocenters. The summed E-state index contributed by atoms with van der Waals surface area (Å²) in [6.07, 6.45) is 0. The SMILES string of the molecule is O=C(Nc1c(F)c(F)c(F)c(F)c1F)c1cccc(Cl)n1. The topological polar surface area (TPSA) is 42.0 Å². The van der Waals surface area contributed by atoms with Crippen molar-refractivity contribution in [2.75, 3.05) is 5.32 Å². The number of aromatic nitrogens is 1. The number of halogens is 6. The van der Waals surface area contributed by atoms with Crippen LogP contribution in [0.25, 0.3) is 0 Å². The Hall–Kier alpha value is -2.22. The van der Waals surface area contributed by atoms with Gasteiger partial charge in [-0.1, -0.05) is 17.7 Å². The minimum Gasteiger partial charge on any atom is -0.316 e. The van der Waals surface area contributed by atoms with E-state index in [4.69, 9.17) is 11.6 Å². The molecule has 0 atom stereocenters. The Balaban J connectivity index is 2.43. The van der Waals surface area contributed by atoms with Gasteiger partial charge in [0.25, 0.3) is 5.91 Å². The summed E-state index contributed by atoms with van der Waals surface area (Å²) in [4.78, 5) is 15.2. The third-order valence-corrected chi connectivity index (χ3v) is 2.61. The molecule has 0 aliphatic heterocycles. The van der Waals surface area contributed by atoms with Crippen molar-refractivity contribution >= 4 is 23.2 Å². The van der Waals surface area contributed by atoms with E-state index in [1.165, 1.54) is 12.1 Å². The second-order valence-electron chi connectivity index (χ2n) is 3.74. The lowest BCUT2D eigenvalue weighted by molar-refractivity contribution is 0.102. The van der Waals surface area contributed by atoms with Crippen molar-refractivity contribution in [3.63, 3.8) is 0 Å². The van der Waals surface area contributed by atoms with Crippen molar-refractivity contribution in [2.45, 2.75) is 0 Å². The van der Waals surface area contributed by atoms with E-state index in [-0.39, 0.29) is 10.8 Å². The van der Waals surface area contributed by atoms with Gasteiger partial charge in [0.15, 0.2) is 23.3 Å². The Morgan fingerprint density at radius 1 is 0.952 bits per heavy atom. The Labute approximate surface area is 119 Å². The standard InChI is InChI=1S/C12H4ClF5N2O/c13-5-3-1-2-4(19-5)12(21)20-11-9(17)7(15)6(14)8(16)10(11)18/h1-3H,(H,20,21). The molecule has 1 aromatic heterocycles. The number of rotatable bonds is 2. The van der Waals surface area contributed by atoms with Crippen molar-refractivity contribution in [1.29, 1.82) is 0 Å². The van der Waals surface area contributed by atoms with Crippen LogP contribution in [0.5, 0.6) is 0 Å². The number of carbonyl (C=O) groups is 1. The molecule has 1 heterocycles. The van der Waals surface area contributed by atoms with Crippen molar-refractivity contribution < 1.29 is 26.7 Å². The van der Waals surface area contributed by atoms with Crippen molar-refractivity contribution in [1.82, 2.24) is 4.98 Å². The number of nitrogens with zero attached hydrogens (tertiary/aromatic N) is 1. The molecule has 0 saturated heterocycles. The molecule has 3 nitrogen and oxygen atoms in total. The highest BCUT2D eigenvalue weighted by Gasteiger charge is 2.27. The Bertz CT molecular complexity index is 709. The zero-order valence-corrected chi connectivity index (χ0v) is 10.6. The first-order valence-electron chi connectivity index (χ1n) is 5.28. The van der Waals surface area contributed by atoms with Crippen LogP contribution in [0, 0.1) is 29.1 Å². The van der Waals surface area contributed by atoms with Gasteiger partial charge in [-0.05, 0) is 12.1 Å². The quantitative estimate of drug-likeness (QED) is 0.396. The second kappa shape index (κ2) is 5.65. The largest absolute Gasteiger partial charge is 0.316 e. The maximum absolute atomic E-state index is 13.4. The monoisotopic (exact) mass is 322 g/mol. The van der Waals surface area contributed by atoms with Gasteiger partial charge >= 0.3 is 0 Å². The third kappa shape index (κ3) is 2.80. The van der Waals surface area contributed by atoms with E-state index in [2.05, 4.69) is 4.98 Å².